The molecule has 0 heterocycles. The molecule has 1 N–H and O–H groups in total. The summed E-state index contributed by atoms with van der Waals surface area (Å²) >= 11 is 0. The maximum Gasteiger partial charge on any atom is 1.00 e. The zero-order valence-electron chi connectivity index (χ0n) is 5.71. The summed E-state index contributed by atoms with van der Waals surface area (Å²) in [6.45, 7) is 5.84. The minimum absolute atomic E-state index is 0. The van der Waals surface area contributed by atoms with Gasteiger partial charge in [0.15, 0.2) is 0 Å². The minimum atomic E-state index is -0.208. The van der Waals surface area contributed by atoms with Crippen molar-refractivity contribution in [3.63, 3.8) is 0 Å². The first kappa shape index (κ1) is 10.9. The molecule has 0 spiro atoms. The van der Waals surface area contributed by atoms with E-state index in [9.17, 15) is 0 Å². The average Bonchev–Trinajstić information content (AvgIpc) is 1.35. The van der Waals surface area contributed by atoms with Crippen LogP contribution in [0.2, 0.25) is 0 Å². The molecule has 0 atom stereocenters. The van der Waals surface area contributed by atoms with Crippen LogP contribution in [-0.2, 0) is 0 Å². The summed E-state index contributed by atoms with van der Waals surface area (Å²) in [4.78, 5) is 0. The molecule has 0 aliphatic carbocycles. The Morgan fingerprint density at radius 1 is 1.43 bits per heavy atom. The van der Waals surface area contributed by atoms with Gasteiger partial charge in [-0.3, -0.25) is 0 Å². The summed E-state index contributed by atoms with van der Waals surface area (Å²) in [6.07, 6.45) is 0.938. The predicted octanol–water partition coefficient (Wildman–Crippen LogP) is -0.769. The van der Waals surface area contributed by atoms with Crippen molar-refractivity contribution in [2.75, 3.05) is 0 Å². The number of rotatable bonds is 1. The summed E-state index contributed by atoms with van der Waals surface area (Å²) in [5.74, 6) is 0. The fraction of sp³-hybridized carbons (Fsp3) is 1.00. The zero-order valence-corrected chi connectivity index (χ0v) is 7.71. The largest absolute Gasteiger partial charge is 1.00 e. The van der Waals surface area contributed by atoms with Gasteiger partial charge >= 0.3 is 29.6 Å². The van der Waals surface area contributed by atoms with Crippen LogP contribution in [-0.4, -0.2) is 5.54 Å². The Labute approximate surface area is 68.0 Å². The monoisotopic (exact) mass is 109 g/mol. The summed E-state index contributed by atoms with van der Waals surface area (Å²) in [5, 5.41) is 0. The van der Waals surface area contributed by atoms with Crippen molar-refractivity contribution in [1.82, 2.24) is 0 Å². The average molecular weight is 109 g/mol. The van der Waals surface area contributed by atoms with Crippen LogP contribution in [0.4, 0.5) is 0 Å². The molecular formula is C5H12NNa. The van der Waals surface area contributed by atoms with Crippen LogP contribution >= 0.6 is 0 Å². The summed E-state index contributed by atoms with van der Waals surface area (Å²) < 4.78 is 0. The molecule has 1 nitrogen and oxygen atoms in total. The molecule has 0 bridgehead atoms. The molecule has 38 valence electrons. The summed E-state index contributed by atoms with van der Waals surface area (Å²) in [5.41, 5.74) is 6.97. The van der Waals surface area contributed by atoms with Gasteiger partial charge in [0.1, 0.15) is 0 Å². The minimum Gasteiger partial charge on any atom is -0.672 e. The smallest absolute Gasteiger partial charge is 0.672 e. The van der Waals surface area contributed by atoms with Crippen molar-refractivity contribution in [2.24, 2.45) is 0 Å². The van der Waals surface area contributed by atoms with Crippen LogP contribution in [0.25, 0.3) is 5.73 Å². The van der Waals surface area contributed by atoms with E-state index in [1.165, 1.54) is 0 Å². The van der Waals surface area contributed by atoms with Crippen LogP contribution in [0.5, 0.6) is 0 Å². The van der Waals surface area contributed by atoms with Gasteiger partial charge in [-0.1, -0.05) is 27.2 Å². The van der Waals surface area contributed by atoms with Crippen molar-refractivity contribution in [1.29, 1.82) is 0 Å². The van der Waals surface area contributed by atoms with Crippen molar-refractivity contribution < 1.29 is 29.6 Å². The van der Waals surface area contributed by atoms with Crippen LogP contribution in [0.3, 0.4) is 0 Å². The third kappa shape index (κ3) is 10.9. The molecule has 0 aromatic carbocycles. The number of hydrogen-bond acceptors (Lipinski definition) is 0. The second kappa shape index (κ2) is 3.90. The fourth-order valence-electron chi connectivity index (χ4n) is 0. The van der Waals surface area contributed by atoms with Gasteiger partial charge in [0.05, 0.1) is 0 Å². The van der Waals surface area contributed by atoms with E-state index in [0.717, 1.165) is 6.42 Å². The first-order chi connectivity index (χ1) is 2.56. The zero-order chi connectivity index (χ0) is 5.21. The van der Waals surface area contributed by atoms with E-state index >= 15 is 0 Å². The Kier molecular flexibility index (Phi) is 6.05. The van der Waals surface area contributed by atoms with E-state index in [-0.39, 0.29) is 35.1 Å². The molecule has 0 aliphatic rings. The number of nitrogens with one attached hydrogen (secondary N) is 1. The third-order valence-electron chi connectivity index (χ3n) is 0.884. The Balaban J connectivity index is 0. The van der Waals surface area contributed by atoms with Crippen LogP contribution in [0.15, 0.2) is 0 Å². The van der Waals surface area contributed by atoms with Gasteiger partial charge in [-0.25, -0.2) is 0 Å². The maximum atomic E-state index is 7.18. The first-order valence-corrected chi connectivity index (χ1v) is 2.31. The van der Waals surface area contributed by atoms with Gasteiger partial charge in [-0.2, -0.15) is 0 Å². The fourth-order valence-corrected chi connectivity index (χ4v) is 0. The van der Waals surface area contributed by atoms with Gasteiger partial charge in [0.2, 0.25) is 0 Å². The van der Waals surface area contributed by atoms with Crippen LogP contribution in [0, 0.1) is 0 Å². The quantitative estimate of drug-likeness (QED) is 0.395. The van der Waals surface area contributed by atoms with Gasteiger partial charge in [-0.15, -0.1) is 5.54 Å². The topological polar surface area (TPSA) is 23.8 Å². The van der Waals surface area contributed by atoms with Crippen molar-refractivity contribution in [3.05, 3.63) is 5.73 Å². The van der Waals surface area contributed by atoms with Crippen molar-refractivity contribution >= 4 is 0 Å². The van der Waals surface area contributed by atoms with Crippen molar-refractivity contribution in [3.8, 4) is 0 Å². The maximum absolute atomic E-state index is 7.18. The first-order valence-electron chi connectivity index (χ1n) is 2.31. The Hall–Kier alpha value is 0.960. The van der Waals surface area contributed by atoms with Crippen LogP contribution in [0.1, 0.15) is 27.2 Å². The van der Waals surface area contributed by atoms with E-state index in [2.05, 4.69) is 0 Å². The Bertz CT molecular complexity index is 37.8. The van der Waals surface area contributed by atoms with Gasteiger partial charge in [0.25, 0.3) is 0 Å². The second-order valence-electron chi connectivity index (χ2n) is 2.24. The molecule has 7 heavy (non-hydrogen) atoms. The SMILES string of the molecule is CCC(C)(C)[NH-].[Na+]. The normalized spacial score (nSPS) is 10.3. The van der Waals surface area contributed by atoms with Gasteiger partial charge < -0.3 is 5.73 Å². The van der Waals surface area contributed by atoms with Crippen LogP contribution < -0.4 is 29.6 Å². The Morgan fingerprint density at radius 2 is 1.57 bits per heavy atom. The Morgan fingerprint density at radius 3 is 1.57 bits per heavy atom. The third-order valence-corrected chi connectivity index (χ3v) is 0.884. The van der Waals surface area contributed by atoms with Gasteiger partial charge in [-0.05, 0) is 0 Å². The van der Waals surface area contributed by atoms with E-state index in [1.807, 2.05) is 20.8 Å². The van der Waals surface area contributed by atoms with E-state index in [1.54, 1.807) is 0 Å². The molecule has 0 fully saturated rings. The molecule has 0 aromatic rings. The van der Waals surface area contributed by atoms with Gasteiger partial charge in [0, 0.05) is 0 Å². The molecule has 0 rings (SSSR count). The molecule has 0 radical (unpaired) electrons. The molecule has 0 amide bonds. The summed E-state index contributed by atoms with van der Waals surface area (Å²) in [6, 6.07) is 0. The molecule has 2 heteroatoms. The standard InChI is InChI=1S/C5H12N.Na/c1-4-5(2,3)6;/h6H,4H2,1-3H3;/q-1;+1. The molecule has 0 aromatic heterocycles. The molecule has 0 saturated carbocycles. The van der Waals surface area contributed by atoms with E-state index in [4.69, 9.17) is 5.73 Å². The molecule has 0 saturated heterocycles. The van der Waals surface area contributed by atoms with E-state index in [0.29, 0.717) is 0 Å². The predicted molar refractivity (Wildman–Crippen MR) is 28.7 cm³/mol. The molecule has 0 aliphatic heterocycles. The molecular weight excluding hydrogens is 97.1 g/mol. The second-order valence-corrected chi connectivity index (χ2v) is 2.24. The summed E-state index contributed by atoms with van der Waals surface area (Å²) in [7, 11) is 0. The van der Waals surface area contributed by atoms with Crippen molar-refractivity contribution in [2.45, 2.75) is 32.7 Å². The molecule has 0 unspecified atom stereocenters. The van der Waals surface area contributed by atoms with E-state index < -0.39 is 0 Å². The number of hydrogen-bond donors (Lipinski definition) is 0.